The molecule has 0 saturated carbocycles. The van der Waals surface area contributed by atoms with E-state index < -0.39 is 5.97 Å². The van der Waals surface area contributed by atoms with Gasteiger partial charge in [0, 0.05) is 3.57 Å². The molecule has 0 aromatic heterocycles. The number of carboxylic acids is 1. The van der Waals surface area contributed by atoms with Gasteiger partial charge < -0.3 is 19.3 Å². The molecule has 3 aromatic carbocycles. The van der Waals surface area contributed by atoms with Gasteiger partial charge in [-0.05, 0) is 144 Å². The lowest BCUT2D eigenvalue weighted by atomic mass is 10.0. The van der Waals surface area contributed by atoms with E-state index >= 15 is 0 Å². The van der Waals surface area contributed by atoms with Crippen LogP contribution >= 0.6 is 45.2 Å². The van der Waals surface area contributed by atoms with Crippen LogP contribution in [0.25, 0.3) is 0 Å². The van der Waals surface area contributed by atoms with Crippen LogP contribution in [0.4, 0.5) is 4.39 Å². The van der Waals surface area contributed by atoms with Crippen molar-refractivity contribution in [3.05, 3.63) is 89.3 Å². The quantitative estimate of drug-likeness (QED) is 0.189. The summed E-state index contributed by atoms with van der Waals surface area (Å²) in [7, 11) is 0. The maximum atomic E-state index is 13.1. The normalized spacial score (nSPS) is 12.4. The van der Waals surface area contributed by atoms with E-state index in [-0.39, 0.29) is 23.9 Å². The Hall–Kier alpha value is -1.76. The fourth-order valence-corrected chi connectivity index (χ4v) is 6.23. The Balaban J connectivity index is 1.61. The Morgan fingerprint density at radius 3 is 2.29 bits per heavy atom. The summed E-state index contributed by atoms with van der Waals surface area (Å²) in [6, 6.07) is 14.1. The summed E-state index contributed by atoms with van der Waals surface area (Å²) in [4.78, 5) is 11.1. The van der Waals surface area contributed by atoms with Gasteiger partial charge in [0.15, 0.2) is 0 Å². The summed E-state index contributed by atoms with van der Waals surface area (Å²) < 4.78 is 33.6. The third-order valence-electron chi connectivity index (χ3n) is 6.20. The molecule has 1 N–H and O–H groups in total. The average molecular weight is 746 g/mol. The predicted molar refractivity (Wildman–Crippen MR) is 163 cm³/mol. The smallest absolute Gasteiger partial charge is 0.307 e. The van der Waals surface area contributed by atoms with Crippen molar-refractivity contribution >= 4 is 51.2 Å². The van der Waals surface area contributed by atoms with Crippen molar-refractivity contribution in [2.24, 2.45) is 0 Å². The van der Waals surface area contributed by atoms with Crippen LogP contribution in [-0.4, -0.2) is 23.3 Å². The first-order valence-corrected chi connectivity index (χ1v) is 14.5. The topological polar surface area (TPSA) is 65.0 Å². The first-order chi connectivity index (χ1) is 17.8. The molecule has 0 aliphatic carbocycles. The van der Waals surface area contributed by atoms with E-state index in [1.165, 1.54) is 12.1 Å². The van der Waals surface area contributed by atoms with E-state index in [2.05, 4.69) is 45.2 Å². The van der Waals surface area contributed by atoms with E-state index in [0.717, 1.165) is 46.5 Å². The van der Waals surface area contributed by atoms with Gasteiger partial charge in [-0.1, -0.05) is 18.2 Å². The second-order valence-corrected chi connectivity index (χ2v) is 12.3. The van der Waals surface area contributed by atoms with Gasteiger partial charge in [-0.15, -0.1) is 0 Å². The molecule has 5 nitrogen and oxygen atoms in total. The van der Waals surface area contributed by atoms with Crippen molar-refractivity contribution in [2.75, 3.05) is 6.61 Å². The third-order valence-corrected chi connectivity index (χ3v) is 7.89. The number of aryl methyl sites for hydroxylation is 2. The van der Waals surface area contributed by atoms with Crippen LogP contribution in [0.2, 0.25) is 0 Å². The lowest BCUT2D eigenvalue weighted by Crippen LogP contribution is -2.26. The SMILES string of the molecule is Cc1cc(CC(=O)O)cc(I)c1Oc1cc(C)c(C(C)OCCC(C)(C)OCc2ccc(F)cc2)c(I)c1. The van der Waals surface area contributed by atoms with Crippen molar-refractivity contribution in [2.45, 2.75) is 65.8 Å². The number of carbonyl (C=O) groups is 1. The molecule has 8 heteroatoms. The van der Waals surface area contributed by atoms with Crippen molar-refractivity contribution in [1.29, 1.82) is 0 Å². The minimum atomic E-state index is -0.855. The van der Waals surface area contributed by atoms with E-state index in [9.17, 15) is 9.18 Å². The molecule has 0 saturated heterocycles. The van der Waals surface area contributed by atoms with Gasteiger partial charge in [0.1, 0.15) is 17.3 Å². The first-order valence-electron chi connectivity index (χ1n) is 12.3. The average Bonchev–Trinajstić information content (AvgIpc) is 2.80. The molecule has 204 valence electrons. The predicted octanol–water partition coefficient (Wildman–Crippen LogP) is 8.53. The second-order valence-electron chi connectivity index (χ2n) is 9.97. The highest BCUT2D eigenvalue weighted by atomic mass is 127. The number of carboxylic acid groups (broad SMARTS) is 1. The molecule has 3 rings (SSSR count). The number of ether oxygens (including phenoxy) is 3. The lowest BCUT2D eigenvalue weighted by Gasteiger charge is -2.27. The van der Waals surface area contributed by atoms with Crippen molar-refractivity contribution in [3.8, 4) is 11.5 Å². The Morgan fingerprint density at radius 1 is 1.00 bits per heavy atom. The zero-order valence-corrected chi connectivity index (χ0v) is 26.6. The summed E-state index contributed by atoms with van der Waals surface area (Å²) >= 11 is 4.50. The minimum Gasteiger partial charge on any atom is -0.481 e. The minimum absolute atomic E-state index is 0.0156. The summed E-state index contributed by atoms with van der Waals surface area (Å²) in [6.07, 6.45) is 0.587. The zero-order valence-electron chi connectivity index (χ0n) is 22.2. The molecule has 1 atom stereocenters. The van der Waals surface area contributed by atoms with Crippen LogP contribution in [-0.2, 0) is 27.3 Å². The molecular formula is C30H33FI2O5. The lowest BCUT2D eigenvalue weighted by molar-refractivity contribution is -0.136. The van der Waals surface area contributed by atoms with Gasteiger partial charge >= 0.3 is 5.97 Å². The van der Waals surface area contributed by atoms with Gasteiger partial charge in [-0.25, -0.2) is 4.39 Å². The molecule has 0 bridgehead atoms. The molecule has 1 unspecified atom stereocenters. The highest BCUT2D eigenvalue weighted by molar-refractivity contribution is 14.1. The molecule has 0 radical (unpaired) electrons. The van der Waals surface area contributed by atoms with Crippen LogP contribution in [0.5, 0.6) is 11.5 Å². The Bertz CT molecular complexity index is 1230. The van der Waals surface area contributed by atoms with E-state index in [1.54, 1.807) is 12.1 Å². The molecule has 0 aliphatic heterocycles. The number of rotatable bonds is 12. The third kappa shape index (κ3) is 8.89. The van der Waals surface area contributed by atoms with E-state index in [0.29, 0.717) is 19.6 Å². The zero-order chi connectivity index (χ0) is 28.0. The second kappa shape index (κ2) is 13.5. The van der Waals surface area contributed by atoms with Gasteiger partial charge in [0.05, 0.1) is 34.9 Å². The maximum Gasteiger partial charge on any atom is 0.307 e. The summed E-state index contributed by atoms with van der Waals surface area (Å²) in [5, 5.41) is 9.09. The monoisotopic (exact) mass is 746 g/mol. The molecule has 38 heavy (non-hydrogen) atoms. The molecule has 0 heterocycles. The molecule has 0 aliphatic rings. The molecule has 0 spiro atoms. The Morgan fingerprint density at radius 2 is 1.68 bits per heavy atom. The highest BCUT2D eigenvalue weighted by Crippen LogP contribution is 2.36. The molecule has 0 fully saturated rings. The Labute approximate surface area is 251 Å². The van der Waals surface area contributed by atoms with E-state index in [4.69, 9.17) is 19.3 Å². The van der Waals surface area contributed by atoms with Crippen molar-refractivity contribution in [1.82, 2.24) is 0 Å². The highest BCUT2D eigenvalue weighted by Gasteiger charge is 2.21. The van der Waals surface area contributed by atoms with Gasteiger partial charge in [-0.3, -0.25) is 4.79 Å². The largest absolute Gasteiger partial charge is 0.481 e. The van der Waals surface area contributed by atoms with Gasteiger partial charge in [0.25, 0.3) is 0 Å². The van der Waals surface area contributed by atoms with E-state index in [1.807, 2.05) is 58.9 Å². The van der Waals surface area contributed by atoms with Gasteiger partial charge in [-0.2, -0.15) is 0 Å². The first kappa shape index (κ1) is 30.8. The maximum absolute atomic E-state index is 13.1. The fourth-order valence-electron chi connectivity index (χ4n) is 4.12. The summed E-state index contributed by atoms with van der Waals surface area (Å²) in [5.74, 6) is 0.350. The number of hydrogen-bond acceptors (Lipinski definition) is 4. The number of hydrogen-bond donors (Lipinski definition) is 1. The number of benzene rings is 3. The van der Waals surface area contributed by atoms with Crippen molar-refractivity contribution in [3.63, 3.8) is 0 Å². The van der Waals surface area contributed by atoms with Crippen LogP contribution in [0.15, 0.2) is 48.5 Å². The number of halogens is 3. The molecular weight excluding hydrogens is 713 g/mol. The van der Waals surface area contributed by atoms with Crippen LogP contribution in [0.3, 0.4) is 0 Å². The Kier molecular flexibility index (Phi) is 11.0. The fraction of sp³-hybridized carbons (Fsp3) is 0.367. The van der Waals surface area contributed by atoms with Crippen LogP contribution < -0.4 is 4.74 Å². The molecule has 3 aromatic rings. The standard InChI is InChI=1S/C30H33FI2O5/c1-18-13-24(38-29-19(2)12-22(14-26(29)33)15-27(34)35)16-25(32)28(18)20(3)36-11-10-30(4,5)37-17-21-6-8-23(31)9-7-21/h6-9,12-14,16,20H,10-11,15,17H2,1-5H3,(H,34,35). The molecule has 0 amide bonds. The van der Waals surface area contributed by atoms with Crippen LogP contribution in [0, 0.1) is 26.8 Å². The summed E-state index contributed by atoms with van der Waals surface area (Å²) in [6.45, 7) is 11.0. The summed E-state index contributed by atoms with van der Waals surface area (Å²) in [5.41, 5.74) is 4.38. The van der Waals surface area contributed by atoms with Crippen LogP contribution in [0.1, 0.15) is 61.1 Å². The van der Waals surface area contributed by atoms with Crippen molar-refractivity contribution < 1.29 is 28.5 Å². The van der Waals surface area contributed by atoms with Gasteiger partial charge in [0.2, 0.25) is 0 Å². The number of aliphatic carboxylic acids is 1.